The highest BCUT2D eigenvalue weighted by Crippen LogP contribution is 2.35. The molecule has 4 aliphatic heterocycles. The molecule has 13 N–H and O–H groups in total. The lowest BCUT2D eigenvalue weighted by Gasteiger charge is -2.50. The summed E-state index contributed by atoms with van der Waals surface area (Å²) in [5.41, 5.74) is 0. The van der Waals surface area contributed by atoms with Crippen molar-refractivity contribution in [2.45, 2.75) is 117 Å². The molecule has 4 rings (SSSR count). The predicted octanol–water partition coefficient (Wildman–Crippen LogP) is -9.11. The van der Waals surface area contributed by atoms with Crippen LogP contribution in [0.5, 0.6) is 0 Å². The van der Waals surface area contributed by atoms with Crippen molar-refractivity contribution >= 4 is 0 Å². The summed E-state index contributed by atoms with van der Waals surface area (Å²) < 4.78 is 38.6. The van der Waals surface area contributed by atoms with Gasteiger partial charge < -0.3 is 99.5 Å². The first-order valence-electron chi connectivity index (χ1n) is 13.5. The van der Waals surface area contributed by atoms with Crippen LogP contribution in [0, 0.1) is 0 Å². The Labute approximate surface area is 243 Å². The average Bonchev–Trinajstić information content (AvgIpc) is 2.99. The Hall–Kier alpha value is -0.800. The topological polar surface area (TPSA) is 328 Å². The molecule has 4 aliphatic rings. The van der Waals surface area contributed by atoms with E-state index in [4.69, 9.17) is 33.2 Å². The Bertz CT molecular complexity index is 867. The van der Waals surface area contributed by atoms with E-state index in [9.17, 15) is 66.4 Å². The minimum atomic E-state index is -1.99. The summed E-state index contributed by atoms with van der Waals surface area (Å²) in [6.07, 6.45) is -33.8. The summed E-state index contributed by atoms with van der Waals surface area (Å²) in [7, 11) is 0. The molecule has 0 bridgehead atoms. The van der Waals surface area contributed by atoms with Crippen LogP contribution in [0.2, 0.25) is 0 Å². The van der Waals surface area contributed by atoms with Gasteiger partial charge in [-0.25, -0.2) is 0 Å². The molecule has 0 aromatic carbocycles. The highest BCUT2D eigenvalue weighted by molar-refractivity contribution is 4.97. The van der Waals surface area contributed by atoms with Crippen LogP contribution in [0.3, 0.4) is 0 Å². The van der Waals surface area contributed by atoms with E-state index in [1.54, 1.807) is 0 Å². The summed E-state index contributed by atoms with van der Waals surface area (Å²) in [5, 5.41) is 132. The van der Waals surface area contributed by atoms with E-state index in [0.29, 0.717) is 0 Å². The lowest BCUT2D eigenvalue weighted by Crippen LogP contribution is -2.68. The molecule has 0 radical (unpaired) electrons. The Balaban J connectivity index is 1.68. The molecular formula is C23H40O20. The minimum absolute atomic E-state index is 0.520. The second kappa shape index (κ2) is 14.7. The summed E-state index contributed by atoms with van der Waals surface area (Å²) >= 11 is 0. The van der Waals surface area contributed by atoms with Crippen molar-refractivity contribution in [2.24, 2.45) is 0 Å². The molecule has 20 heteroatoms. The van der Waals surface area contributed by atoms with Gasteiger partial charge in [-0.1, -0.05) is 0 Å². The van der Waals surface area contributed by atoms with Gasteiger partial charge in [0.2, 0.25) is 0 Å². The van der Waals surface area contributed by atoms with Crippen LogP contribution < -0.4 is 0 Å². The second-order valence-corrected chi connectivity index (χ2v) is 10.7. The maximum absolute atomic E-state index is 11.1. The molecule has 0 aromatic heterocycles. The third-order valence-electron chi connectivity index (χ3n) is 7.81. The SMILES string of the molecule is OC[C@H]1O[C@@H](O[C@H]2[C@H](O[C@H]3[C@H](O)[C@@H](O)[C@H](O)O[C@@H]3CO)O[C@H](CO)[C@@H](O)[C@@H]2O[C@@H]2OC[C@@H](O)[C@H](O)[C@H]2O)[C@H](O)[C@@H](O)[C@@H]1O. The molecule has 252 valence electrons. The van der Waals surface area contributed by atoms with E-state index in [-0.39, 0.29) is 0 Å². The van der Waals surface area contributed by atoms with Gasteiger partial charge in [-0.05, 0) is 0 Å². The van der Waals surface area contributed by atoms with E-state index in [2.05, 4.69) is 0 Å². The summed E-state index contributed by atoms with van der Waals surface area (Å²) in [4.78, 5) is 0. The molecule has 20 nitrogen and oxygen atoms in total. The standard InChI is InChI=1S/C23H40O20/c24-1-6-10(29)12(31)16(35)22(39-6)43-19-18(42-21-15(34)9(28)5(27)4-37-21)11(30)7(2-25)40-23(19)41-17-8(3-26)38-20(36)14(33)13(17)32/h5-36H,1-4H2/t5-,6-,7-,8-,9+,10-,11-,12+,13-,14-,15-,16-,17-,18+,19-,20-,21+,22+,23+/m1/s1. The zero-order valence-electron chi connectivity index (χ0n) is 22.5. The van der Waals surface area contributed by atoms with Crippen molar-refractivity contribution in [3.8, 4) is 0 Å². The Morgan fingerprint density at radius 2 is 0.977 bits per heavy atom. The molecule has 4 heterocycles. The highest BCUT2D eigenvalue weighted by Gasteiger charge is 2.55. The van der Waals surface area contributed by atoms with Gasteiger partial charge in [0, 0.05) is 0 Å². The van der Waals surface area contributed by atoms with E-state index in [1.807, 2.05) is 0 Å². The van der Waals surface area contributed by atoms with Crippen LogP contribution in [-0.2, 0) is 33.2 Å². The van der Waals surface area contributed by atoms with Crippen LogP contribution in [0.4, 0.5) is 0 Å². The number of ether oxygens (including phenoxy) is 7. The molecule has 0 aromatic rings. The fraction of sp³-hybridized carbons (Fsp3) is 1.00. The van der Waals surface area contributed by atoms with Crippen molar-refractivity contribution in [2.75, 3.05) is 26.4 Å². The number of aliphatic hydroxyl groups excluding tert-OH is 13. The van der Waals surface area contributed by atoms with Crippen LogP contribution in [-0.4, -0.2) is 210 Å². The first kappa shape index (κ1) is 35.1. The van der Waals surface area contributed by atoms with Gasteiger partial charge in [0.1, 0.15) is 91.6 Å². The molecule has 19 atom stereocenters. The summed E-state index contributed by atoms with van der Waals surface area (Å²) in [6, 6.07) is 0. The normalized spacial score (nSPS) is 53.1. The highest BCUT2D eigenvalue weighted by atomic mass is 16.8. The molecule has 0 saturated carbocycles. The van der Waals surface area contributed by atoms with Gasteiger partial charge in [-0.2, -0.15) is 0 Å². The van der Waals surface area contributed by atoms with Crippen molar-refractivity contribution in [3.63, 3.8) is 0 Å². The van der Waals surface area contributed by atoms with Gasteiger partial charge in [0.15, 0.2) is 25.2 Å². The Morgan fingerprint density at radius 3 is 1.60 bits per heavy atom. The fourth-order valence-corrected chi connectivity index (χ4v) is 5.23. The first-order chi connectivity index (χ1) is 20.3. The van der Waals surface area contributed by atoms with Crippen molar-refractivity contribution in [1.29, 1.82) is 0 Å². The monoisotopic (exact) mass is 636 g/mol. The number of aliphatic hydroxyl groups is 13. The smallest absolute Gasteiger partial charge is 0.187 e. The Kier molecular flexibility index (Phi) is 12.0. The fourth-order valence-electron chi connectivity index (χ4n) is 5.23. The average molecular weight is 637 g/mol. The van der Waals surface area contributed by atoms with Crippen LogP contribution >= 0.6 is 0 Å². The Morgan fingerprint density at radius 1 is 0.442 bits per heavy atom. The third kappa shape index (κ3) is 7.13. The van der Waals surface area contributed by atoms with Crippen LogP contribution in [0.15, 0.2) is 0 Å². The zero-order chi connectivity index (χ0) is 31.7. The van der Waals surface area contributed by atoms with Crippen molar-refractivity contribution in [3.05, 3.63) is 0 Å². The molecule has 4 saturated heterocycles. The van der Waals surface area contributed by atoms with Gasteiger partial charge in [0.25, 0.3) is 0 Å². The molecule has 4 fully saturated rings. The lowest BCUT2D eigenvalue weighted by molar-refractivity contribution is -0.402. The van der Waals surface area contributed by atoms with E-state index in [1.165, 1.54) is 0 Å². The quantitative estimate of drug-likeness (QED) is 0.112. The van der Waals surface area contributed by atoms with Crippen LogP contribution in [0.1, 0.15) is 0 Å². The van der Waals surface area contributed by atoms with Crippen molar-refractivity contribution < 1.29 is 99.5 Å². The third-order valence-corrected chi connectivity index (χ3v) is 7.81. The van der Waals surface area contributed by atoms with Gasteiger partial charge in [-0.3, -0.25) is 0 Å². The predicted molar refractivity (Wildman–Crippen MR) is 128 cm³/mol. The van der Waals surface area contributed by atoms with Crippen molar-refractivity contribution in [1.82, 2.24) is 0 Å². The number of rotatable bonds is 9. The largest absolute Gasteiger partial charge is 0.394 e. The molecule has 0 aliphatic carbocycles. The molecule has 0 unspecified atom stereocenters. The van der Waals surface area contributed by atoms with E-state index < -0.39 is 143 Å². The first-order valence-corrected chi connectivity index (χ1v) is 13.5. The summed E-state index contributed by atoms with van der Waals surface area (Å²) in [5.74, 6) is 0. The lowest BCUT2D eigenvalue weighted by atomic mass is 9.95. The van der Waals surface area contributed by atoms with Crippen LogP contribution in [0.25, 0.3) is 0 Å². The molecular weight excluding hydrogens is 596 g/mol. The molecule has 0 amide bonds. The maximum Gasteiger partial charge on any atom is 0.187 e. The number of hydrogen-bond acceptors (Lipinski definition) is 20. The van der Waals surface area contributed by atoms with E-state index in [0.717, 1.165) is 0 Å². The summed E-state index contributed by atoms with van der Waals surface area (Å²) in [6.45, 7) is -3.11. The minimum Gasteiger partial charge on any atom is -0.394 e. The second-order valence-electron chi connectivity index (χ2n) is 10.7. The zero-order valence-corrected chi connectivity index (χ0v) is 22.5. The maximum atomic E-state index is 11.1. The molecule has 0 spiro atoms. The number of hydrogen-bond donors (Lipinski definition) is 13. The van der Waals surface area contributed by atoms with Gasteiger partial charge in [0.05, 0.1) is 26.4 Å². The molecule has 43 heavy (non-hydrogen) atoms. The van der Waals surface area contributed by atoms with E-state index >= 15 is 0 Å². The van der Waals surface area contributed by atoms with Gasteiger partial charge in [-0.15, -0.1) is 0 Å². The van der Waals surface area contributed by atoms with Gasteiger partial charge >= 0.3 is 0 Å².